The third kappa shape index (κ3) is 6.11. The molecule has 0 saturated carbocycles. The van der Waals surface area contributed by atoms with E-state index in [1.165, 1.54) is 0 Å². The minimum Gasteiger partial charge on any atom is -0.465 e. The van der Waals surface area contributed by atoms with E-state index in [0.717, 1.165) is 38.5 Å². The van der Waals surface area contributed by atoms with Crippen molar-refractivity contribution in [1.29, 1.82) is 0 Å². The fraction of sp³-hybridized carbons (Fsp3) is 0.594. The van der Waals surface area contributed by atoms with Gasteiger partial charge in [0.15, 0.2) is 0 Å². The van der Waals surface area contributed by atoms with Crippen LogP contribution in [-0.4, -0.2) is 69.6 Å². The summed E-state index contributed by atoms with van der Waals surface area (Å²) in [6, 6.07) is 6.48. The Morgan fingerprint density at radius 2 is 1.90 bits per heavy atom. The summed E-state index contributed by atoms with van der Waals surface area (Å²) in [6.07, 6.45) is 10.5. The summed E-state index contributed by atoms with van der Waals surface area (Å²) in [5.41, 5.74) is 0.577. The van der Waals surface area contributed by atoms with E-state index < -0.39 is 27.4 Å². The Morgan fingerprint density at radius 3 is 2.61 bits per heavy atom. The number of carbonyl (C=O) groups is 3. The van der Waals surface area contributed by atoms with Crippen LogP contribution in [0.1, 0.15) is 64.7 Å². The average Bonchev–Trinajstić information content (AvgIpc) is 3.52. The monoisotopic (exact) mass is 602 g/mol. The van der Waals surface area contributed by atoms with E-state index in [4.69, 9.17) is 16.3 Å². The molecule has 224 valence electrons. The Morgan fingerprint density at radius 1 is 1.15 bits per heavy atom. The Bertz CT molecular complexity index is 1150. The van der Waals surface area contributed by atoms with Gasteiger partial charge in [0, 0.05) is 24.4 Å². The highest BCUT2D eigenvalue weighted by molar-refractivity contribution is 8.02. The third-order valence-corrected chi connectivity index (χ3v) is 11.1. The van der Waals surface area contributed by atoms with Gasteiger partial charge in [-0.1, -0.05) is 48.7 Å². The number of aliphatic hydroxyl groups is 1. The molecule has 3 saturated heterocycles. The number of likely N-dealkylation sites (tertiary alicyclic amines) is 1. The molecule has 0 aliphatic carbocycles. The van der Waals surface area contributed by atoms with Crippen LogP contribution in [0.25, 0.3) is 0 Å². The van der Waals surface area contributed by atoms with Crippen LogP contribution in [0.3, 0.4) is 0 Å². The number of anilines is 1. The van der Waals surface area contributed by atoms with Gasteiger partial charge >= 0.3 is 5.97 Å². The number of ether oxygens (including phenoxy) is 1. The summed E-state index contributed by atoms with van der Waals surface area (Å²) in [7, 11) is 0. The van der Waals surface area contributed by atoms with Crippen LogP contribution in [0.5, 0.6) is 0 Å². The maximum atomic E-state index is 14.6. The van der Waals surface area contributed by atoms with Gasteiger partial charge in [0.25, 0.3) is 5.91 Å². The maximum Gasteiger partial charge on any atom is 0.311 e. The number of halogens is 1. The maximum absolute atomic E-state index is 14.6. The number of allylic oxidation sites excluding steroid dienone is 1. The normalized spacial score (nSPS) is 28.0. The first-order chi connectivity index (χ1) is 19.8. The number of thioether (sulfide) groups is 1. The smallest absolute Gasteiger partial charge is 0.311 e. The number of esters is 1. The van der Waals surface area contributed by atoms with Crippen molar-refractivity contribution in [2.45, 2.75) is 80.2 Å². The summed E-state index contributed by atoms with van der Waals surface area (Å²) >= 11 is 8.20. The summed E-state index contributed by atoms with van der Waals surface area (Å²) < 4.78 is 4.57. The van der Waals surface area contributed by atoms with Crippen molar-refractivity contribution in [3.63, 3.8) is 0 Å². The lowest BCUT2D eigenvalue weighted by Gasteiger charge is -2.37. The molecule has 9 heteroatoms. The van der Waals surface area contributed by atoms with Crippen LogP contribution >= 0.6 is 23.4 Å². The Balaban J connectivity index is 1.67. The van der Waals surface area contributed by atoms with E-state index >= 15 is 0 Å². The SMILES string of the molecule is C=CCCCCOC(=O)[C@H]1[C@H]2C(=O)N(CCCCCCO)C(C(=O)N(CC=C)c3ccccc3Cl)C23CC[C@]1(C)S3. The highest BCUT2D eigenvalue weighted by Crippen LogP contribution is 2.71. The van der Waals surface area contributed by atoms with Gasteiger partial charge in [-0.15, -0.1) is 24.9 Å². The van der Waals surface area contributed by atoms with Crippen molar-refractivity contribution in [2.75, 3.05) is 31.2 Å². The van der Waals surface area contributed by atoms with Crippen molar-refractivity contribution < 1.29 is 24.2 Å². The number of unbranched alkanes of at least 4 members (excludes halogenated alkanes) is 5. The molecule has 1 N–H and O–H groups in total. The first kappa shape index (κ1) is 31.6. The topological polar surface area (TPSA) is 87.1 Å². The summed E-state index contributed by atoms with van der Waals surface area (Å²) in [5.74, 6) is -1.87. The van der Waals surface area contributed by atoms with Gasteiger partial charge in [-0.25, -0.2) is 0 Å². The standard InChI is InChI=1S/C32H43ClN2O5S/c1-4-6-7-14-22-40-30(39)26-25-28(37)35(20-12-8-9-13-21-36)27(32(25)18-17-31(26,3)41-32)29(38)34(19-5-2)24-16-11-10-15-23(24)33/h4-5,10-11,15-16,25-27,36H,1-2,6-9,12-14,17-22H2,3H3/t25-,26+,27?,31-,32?/m0/s1. The van der Waals surface area contributed by atoms with E-state index in [0.29, 0.717) is 43.1 Å². The molecule has 4 rings (SSSR count). The Kier molecular flexibility index (Phi) is 10.6. The molecule has 2 amide bonds. The molecule has 7 nitrogen and oxygen atoms in total. The second-order valence-electron chi connectivity index (χ2n) is 11.5. The molecular weight excluding hydrogens is 560 g/mol. The second-order valence-corrected chi connectivity index (χ2v) is 13.8. The molecule has 1 aromatic carbocycles. The zero-order chi connectivity index (χ0) is 29.6. The molecular formula is C32H43ClN2O5S. The van der Waals surface area contributed by atoms with Crippen LogP contribution in [0.2, 0.25) is 5.02 Å². The molecule has 3 aliphatic rings. The third-order valence-electron chi connectivity index (χ3n) is 8.84. The first-order valence-corrected chi connectivity index (χ1v) is 16.0. The summed E-state index contributed by atoms with van der Waals surface area (Å²) in [4.78, 5) is 45.9. The quantitative estimate of drug-likeness (QED) is 0.146. The number of rotatable bonds is 16. The van der Waals surface area contributed by atoms with Crippen molar-refractivity contribution >= 4 is 46.8 Å². The second kappa shape index (κ2) is 13.8. The molecule has 0 radical (unpaired) electrons. The van der Waals surface area contributed by atoms with Gasteiger partial charge in [-0.2, -0.15) is 0 Å². The molecule has 1 aromatic rings. The molecule has 2 unspecified atom stereocenters. The van der Waals surface area contributed by atoms with Crippen LogP contribution in [-0.2, 0) is 19.1 Å². The lowest BCUT2D eigenvalue weighted by Crippen LogP contribution is -2.55. The zero-order valence-electron chi connectivity index (χ0n) is 24.1. The number of fused-ring (bicyclic) bond motifs is 1. The van der Waals surface area contributed by atoms with Gasteiger partial charge in [-0.3, -0.25) is 14.4 Å². The highest BCUT2D eigenvalue weighted by atomic mass is 35.5. The number of hydrogen-bond acceptors (Lipinski definition) is 6. The number of hydrogen-bond donors (Lipinski definition) is 1. The van der Waals surface area contributed by atoms with E-state index in [-0.39, 0.29) is 30.9 Å². The number of benzene rings is 1. The predicted molar refractivity (Wildman–Crippen MR) is 165 cm³/mol. The first-order valence-electron chi connectivity index (χ1n) is 14.8. The largest absolute Gasteiger partial charge is 0.465 e. The molecule has 0 aromatic heterocycles. The van der Waals surface area contributed by atoms with Crippen molar-refractivity contribution in [3.05, 3.63) is 54.6 Å². The van der Waals surface area contributed by atoms with E-state index in [1.807, 2.05) is 24.3 Å². The Labute approximate surface area is 253 Å². The predicted octanol–water partition coefficient (Wildman–Crippen LogP) is 5.79. The number of amides is 2. The molecule has 1 spiro atoms. The number of carbonyl (C=O) groups excluding carboxylic acids is 3. The van der Waals surface area contributed by atoms with E-state index in [2.05, 4.69) is 20.1 Å². The molecule has 41 heavy (non-hydrogen) atoms. The van der Waals surface area contributed by atoms with Gasteiger partial charge in [0.1, 0.15) is 6.04 Å². The lowest BCUT2D eigenvalue weighted by molar-refractivity contribution is -0.155. The van der Waals surface area contributed by atoms with Crippen LogP contribution in [0.4, 0.5) is 5.69 Å². The average molecular weight is 603 g/mol. The fourth-order valence-electron chi connectivity index (χ4n) is 6.96. The van der Waals surface area contributed by atoms with Gasteiger partial charge < -0.3 is 19.6 Å². The lowest BCUT2D eigenvalue weighted by atomic mass is 9.66. The number of para-hydroxylation sites is 1. The molecule has 5 atom stereocenters. The van der Waals surface area contributed by atoms with Gasteiger partial charge in [-0.05, 0) is 64.0 Å². The van der Waals surface area contributed by atoms with Crippen LogP contribution in [0, 0.1) is 11.8 Å². The minimum absolute atomic E-state index is 0.132. The van der Waals surface area contributed by atoms with E-state index in [9.17, 15) is 19.5 Å². The van der Waals surface area contributed by atoms with Crippen LogP contribution in [0.15, 0.2) is 49.6 Å². The number of aliphatic hydroxyl groups excluding tert-OH is 1. The highest BCUT2D eigenvalue weighted by Gasteiger charge is 2.77. The molecule has 3 fully saturated rings. The zero-order valence-corrected chi connectivity index (χ0v) is 25.6. The fourth-order valence-corrected chi connectivity index (χ4v) is 9.54. The summed E-state index contributed by atoms with van der Waals surface area (Å²) in [5, 5.41) is 9.63. The molecule has 3 aliphatic heterocycles. The van der Waals surface area contributed by atoms with E-state index in [1.54, 1.807) is 33.7 Å². The van der Waals surface area contributed by atoms with Gasteiger partial charge in [0.05, 0.1) is 33.9 Å². The Hall–Kier alpha value is -2.29. The number of nitrogens with zero attached hydrogens (tertiary/aromatic N) is 2. The summed E-state index contributed by atoms with van der Waals surface area (Å²) in [6.45, 7) is 10.8. The van der Waals surface area contributed by atoms with Crippen LogP contribution < -0.4 is 4.90 Å². The van der Waals surface area contributed by atoms with Crippen molar-refractivity contribution in [2.24, 2.45) is 11.8 Å². The van der Waals surface area contributed by atoms with Crippen molar-refractivity contribution in [3.8, 4) is 0 Å². The molecule has 2 bridgehead atoms. The van der Waals surface area contributed by atoms with Gasteiger partial charge in [0.2, 0.25) is 5.91 Å². The van der Waals surface area contributed by atoms with Crippen molar-refractivity contribution in [1.82, 2.24) is 4.90 Å². The minimum atomic E-state index is -0.730. The molecule has 3 heterocycles.